The summed E-state index contributed by atoms with van der Waals surface area (Å²) in [6.07, 6.45) is 1.51. The van der Waals surface area contributed by atoms with Gasteiger partial charge in [-0.1, -0.05) is 29.3 Å². The summed E-state index contributed by atoms with van der Waals surface area (Å²) in [7, 11) is 0. The van der Waals surface area contributed by atoms with E-state index in [2.05, 4.69) is 9.97 Å². The van der Waals surface area contributed by atoms with E-state index >= 15 is 0 Å². The lowest BCUT2D eigenvalue weighted by atomic mass is 9.90. The van der Waals surface area contributed by atoms with Crippen molar-refractivity contribution in [2.75, 3.05) is 0 Å². The number of benzene rings is 1. The van der Waals surface area contributed by atoms with Gasteiger partial charge >= 0.3 is 0 Å². The predicted octanol–water partition coefficient (Wildman–Crippen LogP) is 5.88. The minimum Gasteiger partial charge on any atom is -0.445 e. The Kier molecular flexibility index (Phi) is 4.18. The summed E-state index contributed by atoms with van der Waals surface area (Å²) in [5.41, 5.74) is 0.916. The number of aromatic amines is 1. The number of nitrogens with zero attached hydrogens (tertiary/aromatic N) is 1. The van der Waals surface area contributed by atoms with Crippen LogP contribution in [0.15, 0.2) is 51.2 Å². The maximum Gasteiger partial charge on any atom is 0.262 e. The smallest absolute Gasteiger partial charge is 0.262 e. The Morgan fingerprint density at radius 3 is 2.58 bits per heavy atom. The zero-order chi connectivity index (χ0) is 18.5. The molecule has 0 unspecified atom stereocenters. The van der Waals surface area contributed by atoms with Crippen molar-refractivity contribution < 1.29 is 4.42 Å². The average molecular weight is 405 g/mol. The van der Waals surface area contributed by atoms with Gasteiger partial charge in [-0.2, -0.15) is 4.98 Å². The molecule has 0 bridgehead atoms. The number of thiophene rings is 1. The van der Waals surface area contributed by atoms with Crippen molar-refractivity contribution in [1.82, 2.24) is 9.97 Å². The molecular weight excluding hydrogens is 391 g/mol. The fraction of sp³-hybridized carbons (Fsp3) is 0.158. The molecule has 0 aliphatic rings. The maximum atomic E-state index is 12.8. The van der Waals surface area contributed by atoms with Crippen LogP contribution >= 0.6 is 34.5 Å². The van der Waals surface area contributed by atoms with Gasteiger partial charge in [0.2, 0.25) is 5.71 Å². The Morgan fingerprint density at radius 2 is 1.92 bits per heavy atom. The standard InChI is InChI=1S/C19H14Cl2N2O2S/c1-19(2,14-4-3-5-26-14)18-22-16(24)15-13(9-25-17(15)23-18)10-6-11(20)8-12(21)7-10/h3-9H,1-2H3,(H,22,23,24). The van der Waals surface area contributed by atoms with Gasteiger partial charge in [0.05, 0.1) is 5.41 Å². The summed E-state index contributed by atoms with van der Waals surface area (Å²) >= 11 is 13.8. The summed E-state index contributed by atoms with van der Waals surface area (Å²) in [5.74, 6) is 0.558. The Balaban J connectivity index is 1.90. The minimum absolute atomic E-state index is 0.255. The molecule has 4 rings (SSSR count). The third kappa shape index (κ3) is 2.86. The number of hydrogen-bond acceptors (Lipinski definition) is 4. The van der Waals surface area contributed by atoms with Crippen LogP contribution in [0.3, 0.4) is 0 Å². The number of H-pyrrole nitrogens is 1. The molecule has 26 heavy (non-hydrogen) atoms. The van der Waals surface area contributed by atoms with Crippen LogP contribution in [0, 0.1) is 0 Å². The molecule has 0 atom stereocenters. The zero-order valence-electron chi connectivity index (χ0n) is 14.0. The molecule has 7 heteroatoms. The Hall–Kier alpha value is -2.08. The maximum absolute atomic E-state index is 12.8. The summed E-state index contributed by atoms with van der Waals surface area (Å²) in [6, 6.07) is 9.11. The van der Waals surface area contributed by atoms with Crippen LogP contribution in [0.2, 0.25) is 10.0 Å². The van der Waals surface area contributed by atoms with E-state index in [1.165, 1.54) is 6.26 Å². The van der Waals surface area contributed by atoms with Gasteiger partial charge in [0, 0.05) is 20.5 Å². The molecule has 3 aromatic heterocycles. The Labute approximate surface area is 163 Å². The molecule has 3 heterocycles. The highest BCUT2D eigenvalue weighted by Crippen LogP contribution is 2.35. The first kappa shape index (κ1) is 17.3. The number of halogens is 2. The first-order valence-corrected chi connectivity index (χ1v) is 9.52. The van der Waals surface area contributed by atoms with E-state index in [1.807, 2.05) is 31.4 Å². The van der Waals surface area contributed by atoms with Crippen LogP contribution in [-0.4, -0.2) is 9.97 Å². The van der Waals surface area contributed by atoms with Crippen molar-refractivity contribution in [3.63, 3.8) is 0 Å². The fourth-order valence-electron chi connectivity index (χ4n) is 2.92. The first-order chi connectivity index (χ1) is 12.4. The third-order valence-electron chi connectivity index (χ3n) is 4.35. The highest BCUT2D eigenvalue weighted by Gasteiger charge is 2.29. The lowest BCUT2D eigenvalue weighted by molar-refractivity contribution is 0.569. The second kappa shape index (κ2) is 6.27. The van der Waals surface area contributed by atoms with Crippen molar-refractivity contribution >= 4 is 45.6 Å². The van der Waals surface area contributed by atoms with Crippen LogP contribution < -0.4 is 5.56 Å². The van der Waals surface area contributed by atoms with Crippen LogP contribution in [-0.2, 0) is 5.41 Å². The van der Waals surface area contributed by atoms with Gasteiger partial charge in [-0.3, -0.25) is 4.79 Å². The van der Waals surface area contributed by atoms with Crippen LogP contribution in [0.1, 0.15) is 24.5 Å². The van der Waals surface area contributed by atoms with Gasteiger partial charge in [-0.25, -0.2) is 0 Å². The van der Waals surface area contributed by atoms with Gasteiger partial charge in [0.1, 0.15) is 17.5 Å². The van der Waals surface area contributed by atoms with E-state index < -0.39 is 5.41 Å². The van der Waals surface area contributed by atoms with Crippen LogP contribution in [0.25, 0.3) is 22.2 Å². The van der Waals surface area contributed by atoms with Crippen molar-refractivity contribution in [3.8, 4) is 11.1 Å². The molecule has 1 N–H and O–H groups in total. The molecule has 0 spiro atoms. The number of furan rings is 1. The highest BCUT2D eigenvalue weighted by atomic mass is 35.5. The van der Waals surface area contributed by atoms with E-state index in [1.54, 1.807) is 29.5 Å². The van der Waals surface area contributed by atoms with Crippen molar-refractivity contribution in [3.05, 3.63) is 73.1 Å². The van der Waals surface area contributed by atoms with Crippen molar-refractivity contribution in [2.24, 2.45) is 0 Å². The number of fused-ring (bicyclic) bond motifs is 1. The van der Waals surface area contributed by atoms with E-state index in [-0.39, 0.29) is 5.56 Å². The van der Waals surface area contributed by atoms with Crippen LogP contribution in [0.4, 0.5) is 0 Å². The van der Waals surface area contributed by atoms with Crippen LogP contribution in [0.5, 0.6) is 0 Å². The molecule has 1 aromatic carbocycles. The third-order valence-corrected chi connectivity index (χ3v) is 5.98. The van der Waals surface area contributed by atoms with Crippen molar-refractivity contribution in [2.45, 2.75) is 19.3 Å². The molecule has 0 radical (unpaired) electrons. The van der Waals surface area contributed by atoms with Gasteiger partial charge < -0.3 is 9.40 Å². The summed E-state index contributed by atoms with van der Waals surface area (Å²) in [5, 5.41) is 3.36. The molecule has 0 amide bonds. The largest absolute Gasteiger partial charge is 0.445 e. The molecular formula is C19H14Cl2N2O2S. The Bertz CT molecular complexity index is 1140. The quantitative estimate of drug-likeness (QED) is 0.463. The molecule has 0 saturated carbocycles. The van der Waals surface area contributed by atoms with E-state index in [0.29, 0.717) is 38.1 Å². The SMILES string of the molecule is CC(C)(c1nc2occ(-c3cc(Cl)cc(Cl)c3)c2c(=O)[nH]1)c1cccs1. The van der Waals surface area contributed by atoms with Gasteiger partial charge in [0.15, 0.2) is 0 Å². The molecule has 132 valence electrons. The molecule has 0 aliphatic carbocycles. The number of hydrogen-bond donors (Lipinski definition) is 1. The van der Waals surface area contributed by atoms with E-state index in [9.17, 15) is 4.79 Å². The molecule has 0 aliphatic heterocycles. The topological polar surface area (TPSA) is 58.9 Å². The fourth-order valence-corrected chi connectivity index (χ4v) is 4.30. The highest BCUT2D eigenvalue weighted by molar-refractivity contribution is 7.10. The number of rotatable bonds is 3. The zero-order valence-corrected chi connectivity index (χ0v) is 16.3. The molecule has 4 aromatic rings. The lowest BCUT2D eigenvalue weighted by Crippen LogP contribution is -2.25. The summed E-state index contributed by atoms with van der Waals surface area (Å²) in [4.78, 5) is 21.4. The normalized spacial score (nSPS) is 12.0. The monoisotopic (exact) mass is 404 g/mol. The summed E-state index contributed by atoms with van der Waals surface area (Å²) < 4.78 is 5.60. The molecule has 0 fully saturated rings. The average Bonchev–Trinajstić information content (AvgIpc) is 3.24. The van der Waals surface area contributed by atoms with Crippen molar-refractivity contribution in [1.29, 1.82) is 0 Å². The lowest BCUT2D eigenvalue weighted by Gasteiger charge is -2.21. The van der Waals surface area contributed by atoms with Gasteiger partial charge in [0.25, 0.3) is 5.56 Å². The molecule has 0 saturated heterocycles. The Morgan fingerprint density at radius 1 is 1.19 bits per heavy atom. The first-order valence-electron chi connectivity index (χ1n) is 7.89. The number of nitrogens with one attached hydrogen (secondary N) is 1. The van der Waals surface area contributed by atoms with E-state index in [0.717, 1.165) is 4.88 Å². The van der Waals surface area contributed by atoms with E-state index in [4.69, 9.17) is 27.6 Å². The number of aromatic nitrogens is 2. The molecule has 4 nitrogen and oxygen atoms in total. The minimum atomic E-state index is -0.437. The van der Waals surface area contributed by atoms with Gasteiger partial charge in [-0.05, 0) is 49.1 Å². The predicted molar refractivity (Wildman–Crippen MR) is 107 cm³/mol. The van der Waals surface area contributed by atoms with Gasteiger partial charge in [-0.15, -0.1) is 11.3 Å². The second-order valence-electron chi connectivity index (χ2n) is 6.50. The summed E-state index contributed by atoms with van der Waals surface area (Å²) in [6.45, 7) is 4.03. The second-order valence-corrected chi connectivity index (χ2v) is 8.33.